The molecule has 1 saturated heterocycles. The van der Waals surface area contributed by atoms with Gasteiger partial charge in [0.15, 0.2) is 0 Å². The van der Waals surface area contributed by atoms with Crippen LogP contribution in [0.2, 0.25) is 0 Å². The van der Waals surface area contributed by atoms with Crippen LogP contribution in [-0.4, -0.2) is 41.8 Å². The van der Waals surface area contributed by atoms with E-state index in [1.165, 1.54) is 18.2 Å². The van der Waals surface area contributed by atoms with Crippen molar-refractivity contribution >= 4 is 11.8 Å². The minimum Gasteiger partial charge on any atom is -0.347 e. The van der Waals surface area contributed by atoms with Crippen LogP contribution in [0.15, 0.2) is 24.3 Å². The summed E-state index contributed by atoms with van der Waals surface area (Å²) in [7, 11) is 0. The normalized spacial score (nSPS) is 31.7. The molecule has 4 rings (SSSR count). The predicted molar refractivity (Wildman–Crippen MR) is 92.8 cm³/mol. The second kappa shape index (κ2) is 6.53. The zero-order chi connectivity index (χ0) is 19.2. The fourth-order valence-corrected chi connectivity index (χ4v) is 4.87. The number of rotatable bonds is 3. The number of carbonyl (C=O) groups is 2. The van der Waals surface area contributed by atoms with Gasteiger partial charge in [0.25, 0.3) is 11.8 Å². The van der Waals surface area contributed by atoms with E-state index in [-0.39, 0.29) is 29.6 Å². The van der Waals surface area contributed by atoms with E-state index in [1.54, 1.807) is 11.0 Å². The van der Waals surface area contributed by atoms with Gasteiger partial charge in [-0.05, 0) is 43.9 Å². The van der Waals surface area contributed by atoms with Gasteiger partial charge in [-0.3, -0.25) is 9.59 Å². The Morgan fingerprint density at radius 2 is 1.96 bits per heavy atom. The highest BCUT2D eigenvalue weighted by atomic mass is 19.3. The van der Waals surface area contributed by atoms with Gasteiger partial charge in [-0.25, -0.2) is 13.2 Å². The van der Waals surface area contributed by atoms with Gasteiger partial charge in [0.05, 0.1) is 6.04 Å². The van der Waals surface area contributed by atoms with Crippen LogP contribution in [0.3, 0.4) is 0 Å². The summed E-state index contributed by atoms with van der Waals surface area (Å²) in [6.07, 6.45) is 3.12. The van der Waals surface area contributed by atoms with Gasteiger partial charge in [-0.2, -0.15) is 0 Å². The largest absolute Gasteiger partial charge is 0.347 e. The van der Waals surface area contributed by atoms with Crippen LogP contribution in [0.4, 0.5) is 13.2 Å². The molecule has 27 heavy (non-hydrogen) atoms. The molecule has 0 unspecified atom stereocenters. The molecule has 1 aromatic carbocycles. The first kappa shape index (κ1) is 18.3. The van der Waals surface area contributed by atoms with Gasteiger partial charge in [-0.1, -0.05) is 12.5 Å². The third-order valence-electron chi connectivity index (χ3n) is 6.56. The van der Waals surface area contributed by atoms with Crippen molar-refractivity contribution in [3.05, 3.63) is 35.6 Å². The van der Waals surface area contributed by atoms with Crippen molar-refractivity contribution in [1.82, 2.24) is 10.2 Å². The Kier molecular flexibility index (Phi) is 4.43. The van der Waals surface area contributed by atoms with E-state index in [4.69, 9.17) is 0 Å². The summed E-state index contributed by atoms with van der Waals surface area (Å²) in [5.74, 6) is -4.18. The lowest BCUT2D eigenvalue weighted by Gasteiger charge is -2.39. The molecule has 0 bridgehead atoms. The summed E-state index contributed by atoms with van der Waals surface area (Å²) < 4.78 is 40.4. The summed E-state index contributed by atoms with van der Waals surface area (Å²) >= 11 is 0. The van der Waals surface area contributed by atoms with Crippen LogP contribution in [0.25, 0.3) is 0 Å². The van der Waals surface area contributed by atoms with E-state index in [1.807, 2.05) is 0 Å². The van der Waals surface area contributed by atoms with Crippen molar-refractivity contribution < 1.29 is 22.8 Å². The van der Waals surface area contributed by atoms with Gasteiger partial charge < -0.3 is 10.2 Å². The topological polar surface area (TPSA) is 49.4 Å². The molecule has 1 heterocycles. The average Bonchev–Trinajstić information content (AvgIpc) is 3.25. The molecule has 2 saturated carbocycles. The number of benzene rings is 1. The van der Waals surface area contributed by atoms with Gasteiger partial charge in [0.2, 0.25) is 5.91 Å². The fraction of sp³-hybridized carbons (Fsp3) is 0.600. The lowest BCUT2D eigenvalue weighted by molar-refractivity contribution is -0.142. The minimum absolute atomic E-state index is 0.177. The second-order valence-corrected chi connectivity index (χ2v) is 8.16. The predicted octanol–water partition coefficient (Wildman–Crippen LogP) is 3.37. The van der Waals surface area contributed by atoms with Gasteiger partial charge >= 0.3 is 0 Å². The molecular formula is C20H23F3N2O2. The number of hydrogen-bond acceptors (Lipinski definition) is 2. The third-order valence-corrected chi connectivity index (χ3v) is 6.56. The standard InChI is InChI=1S/C20H23F3N2O2/c21-14-4-1-3-13(11-14)18(27)25-10-9-19(12-25)7-2-5-15(19)17(26)24-16-6-8-20(16,22)23/h1,3-4,11,15-16H,2,5-10,12H2,(H,24,26)/t15-,16-,19+/m1/s1. The van der Waals surface area contributed by atoms with Crippen molar-refractivity contribution in [3.63, 3.8) is 0 Å². The molecule has 1 N–H and O–H groups in total. The van der Waals surface area contributed by atoms with Crippen LogP contribution in [0.5, 0.6) is 0 Å². The summed E-state index contributed by atoms with van der Waals surface area (Å²) in [6.45, 7) is 0.917. The molecule has 0 radical (unpaired) electrons. The number of halogens is 3. The Morgan fingerprint density at radius 1 is 1.15 bits per heavy atom. The van der Waals surface area contributed by atoms with Crippen molar-refractivity contribution in [2.24, 2.45) is 11.3 Å². The van der Waals surface area contributed by atoms with Crippen molar-refractivity contribution in [2.45, 2.75) is 50.5 Å². The summed E-state index contributed by atoms with van der Waals surface area (Å²) in [6, 6.07) is 4.52. The summed E-state index contributed by atoms with van der Waals surface area (Å²) in [5.41, 5.74) is -0.0632. The highest BCUT2D eigenvalue weighted by Crippen LogP contribution is 2.50. The molecule has 4 nitrogen and oxygen atoms in total. The molecule has 1 aliphatic heterocycles. The van der Waals surface area contributed by atoms with Crippen molar-refractivity contribution in [3.8, 4) is 0 Å². The van der Waals surface area contributed by atoms with E-state index >= 15 is 0 Å². The Labute approximate surface area is 156 Å². The third kappa shape index (κ3) is 3.21. The molecule has 2 amide bonds. The molecule has 146 valence electrons. The van der Waals surface area contributed by atoms with E-state index in [0.29, 0.717) is 37.9 Å². The molecule has 1 spiro atoms. The van der Waals surface area contributed by atoms with E-state index < -0.39 is 17.8 Å². The summed E-state index contributed by atoms with van der Waals surface area (Å²) in [4.78, 5) is 27.0. The first-order valence-corrected chi connectivity index (χ1v) is 9.54. The SMILES string of the molecule is O=C(N[C@@H]1CCC1(F)F)[C@H]1CCC[C@@]12CCN(C(=O)c1cccc(F)c1)C2. The Balaban J connectivity index is 1.45. The Hall–Kier alpha value is -2.05. The smallest absolute Gasteiger partial charge is 0.267 e. The first-order valence-electron chi connectivity index (χ1n) is 9.54. The van der Waals surface area contributed by atoms with Crippen LogP contribution in [-0.2, 0) is 4.79 Å². The number of amides is 2. The Morgan fingerprint density at radius 3 is 2.63 bits per heavy atom. The fourth-order valence-electron chi connectivity index (χ4n) is 4.87. The number of nitrogens with zero attached hydrogens (tertiary/aromatic N) is 1. The molecule has 7 heteroatoms. The number of likely N-dealkylation sites (tertiary alicyclic amines) is 1. The van der Waals surface area contributed by atoms with Gasteiger partial charge in [0.1, 0.15) is 5.82 Å². The number of carbonyl (C=O) groups excluding carboxylic acids is 2. The molecule has 2 aliphatic carbocycles. The second-order valence-electron chi connectivity index (χ2n) is 8.16. The average molecular weight is 380 g/mol. The van der Waals surface area contributed by atoms with Crippen LogP contribution >= 0.6 is 0 Å². The van der Waals surface area contributed by atoms with E-state index in [9.17, 15) is 22.8 Å². The maximum Gasteiger partial charge on any atom is 0.267 e. The zero-order valence-electron chi connectivity index (χ0n) is 15.0. The van der Waals surface area contributed by atoms with Crippen molar-refractivity contribution in [2.75, 3.05) is 13.1 Å². The van der Waals surface area contributed by atoms with E-state index in [0.717, 1.165) is 12.8 Å². The number of alkyl halides is 2. The van der Waals surface area contributed by atoms with Gasteiger partial charge in [-0.15, -0.1) is 0 Å². The Bertz CT molecular complexity index is 769. The first-order chi connectivity index (χ1) is 12.8. The molecule has 1 aromatic rings. The molecule has 3 aliphatic rings. The quantitative estimate of drug-likeness (QED) is 0.874. The van der Waals surface area contributed by atoms with Crippen LogP contribution in [0, 0.1) is 17.2 Å². The highest BCUT2D eigenvalue weighted by molar-refractivity contribution is 5.94. The molecule has 0 aromatic heterocycles. The lowest BCUT2D eigenvalue weighted by Crippen LogP contribution is -2.57. The van der Waals surface area contributed by atoms with Crippen molar-refractivity contribution in [1.29, 1.82) is 0 Å². The van der Waals surface area contributed by atoms with E-state index in [2.05, 4.69) is 5.32 Å². The molecule has 3 fully saturated rings. The number of nitrogens with one attached hydrogen (secondary N) is 1. The van der Waals surface area contributed by atoms with Gasteiger partial charge in [0, 0.05) is 36.4 Å². The maximum absolute atomic E-state index is 13.5. The van der Waals surface area contributed by atoms with Crippen LogP contribution in [0.1, 0.15) is 48.9 Å². The molecular weight excluding hydrogens is 357 g/mol. The molecule has 3 atom stereocenters. The highest BCUT2D eigenvalue weighted by Gasteiger charge is 2.54. The summed E-state index contributed by atoms with van der Waals surface area (Å²) in [5, 5.41) is 2.54. The van der Waals surface area contributed by atoms with Crippen LogP contribution < -0.4 is 5.32 Å². The minimum atomic E-state index is -2.81. The number of hydrogen-bond donors (Lipinski definition) is 1. The lowest BCUT2D eigenvalue weighted by atomic mass is 9.76. The maximum atomic E-state index is 13.5. The monoisotopic (exact) mass is 380 g/mol. The zero-order valence-corrected chi connectivity index (χ0v) is 15.0.